The molecule has 366 valence electrons. The van der Waals surface area contributed by atoms with Gasteiger partial charge in [-0.05, 0) is 107 Å². The van der Waals surface area contributed by atoms with Gasteiger partial charge in [0.2, 0.25) is 0 Å². The number of rotatable bonds is 7. The third-order valence-electron chi connectivity index (χ3n) is 14.8. The normalized spacial score (nSPS) is 11.8. The first-order chi connectivity index (χ1) is 36.9. The fraction of sp³-hybridized carbons (Fsp3) is 0.0571. The Hall–Kier alpha value is -8.89. The van der Waals surface area contributed by atoms with Crippen LogP contribution in [0.3, 0.4) is 0 Å². The van der Waals surface area contributed by atoms with Crippen molar-refractivity contribution in [1.29, 1.82) is 0 Å². The van der Waals surface area contributed by atoms with Crippen LogP contribution in [0.2, 0.25) is 0 Å². The first-order valence-electron chi connectivity index (χ1n) is 25.5. The molecule has 0 fully saturated rings. The third kappa shape index (κ3) is 7.81. The van der Waals surface area contributed by atoms with Gasteiger partial charge in [0.25, 0.3) is 6.33 Å². The fourth-order valence-electron chi connectivity index (χ4n) is 11.3. The number of ether oxygens (including phenoxy) is 1. The summed E-state index contributed by atoms with van der Waals surface area (Å²) in [6, 6.07) is 89.5. The molecular weight excluding hydrogens is 1110 g/mol. The zero-order chi connectivity index (χ0) is 50.2. The van der Waals surface area contributed by atoms with E-state index in [1.807, 2.05) is 24.4 Å². The van der Waals surface area contributed by atoms with Gasteiger partial charge in [0.15, 0.2) is 0 Å². The maximum atomic E-state index is 6.88. The van der Waals surface area contributed by atoms with Gasteiger partial charge in [-0.2, -0.15) is 18.2 Å². The zero-order valence-corrected chi connectivity index (χ0v) is 44.3. The zero-order valence-electron chi connectivity index (χ0n) is 42.0. The summed E-state index contributed by atoms with van der Waals surface area (Å²) in [5.41, 5.74) is 20.4. The Morgan fingerprint density at radius 2 is 1.01 bits per heavy atom. The van der Waals surface area contributed by atoms with Crippen molar-refractivity contribution in [1.82, 2.24) is 14.1 Å². The molecule has 1 aliphatic heterocycles. The number of hydrogen-bond donors (Lipinski definition) is 0. The summed E-state index contributed by atoms with van der Waals surface area (Å²) in [4.78, 5) is 4.92. The summed E-state index contributed by atoms with van der Waals surface area (Å²) in [5.74, 6) is 1.96. The van der Waals surface area contributed by atoms with Gasteiger partial charge >= 0.3 is 0 Å². The average Bonchev–Trinajstić information content (AvgIpc) is 4.21. The van der Waals surface area contributed by atoms with Crippen LogP contribution in [0, 0.1) is 18.5 Å². The van der Waals surface area contributed by atoms with Gasteiger partial charge in [-0.25, -0.2) is 4.98 Å². The molecule has 4 heterocycles. The van der Waals surface area contributed by atoms with Gasteiger partial charge in [-0.3, -0.25) is 4.57 Å². The van der Waals surface area contributed by atoms with Crippen molar-refractivity contribution in [2.45, 2.75) is 26.2 Å². The molecule has 3 aromatic heterocycles. The van der Waals surface area contributed by atoms with Gasteiger partial charge < -0.3 is 13.9 Å². The quantitative estimate of drug-likeness (QED) is 0.118. The standard InChI is InChI=1S/C70H48N4O.Pt/c1-70(2,3)48-40-41-71-66(42-48)74-64-35-17-16-32-59(64)60-37-36-51(44-65(60)74)75-50-25-18-24-49(43-50)72-45-73-67-53(47-22-8-5-9-23-47)33-19-34-61(67)57-30-14-12-28-55(57)56-29-13-15-31-58(56)63-39-38-62(68(72)69(63)73)54-27-11-10-26-52(54)46-20-6-4-7-21-46;/h4-42H,1-3H3;/q-2;. The van der Waals surface area contributed by atoms with E-state index in [4.69, 9.17) is 9.72 Å². The predicted octanol–water partition coefficient (Wildman–Crippen LogP) is 17.2. The number of nitrogens with zero attached hydrogens (tertiary/aromatic N) is 4. The largest absolute Gasteiger partial charge is 0.510 e. The third-order valence-corrected chi connectivity index (χ3v) is 14.8. The van der Waals surface area contributed by atoms with Crippen LogP contribution in [-0.4, -0.2) is 14.1 Å². The second-order valence-electron chi connectivity index (χ2n) is 20.3. The van der Waals surface area contributed by atoms with E-state index >= 15 is 0 Å². The molecule has 1 aliphatic rings. The van der Waals surface area contributed by atoms with E-state index < -0.39 is 0 Å². The molecule has 13 aromatic rings. The fourth-order valence-corrected chi connectivity index (χ4v) is 11.3. The number of hydrogen-bond acceptors (Lipinski definition) is 2. The van der Waals surface area contributed by atoms with Crippen molar-refractivity contribution >= 4 is 32.8 Å². The minimum Gasteiger partial charge on any atom is -0.510 e. The van der Waals surface area contributed by atoms with Crippen molar-refractivity contribution in [3.63, 3.8) is 0 Å². The van der Waals surface area contributed by atoms with E-state index in [1.165, 1.54) is 11.1 Å². The average molecular weight is 1160 g/mol. The Morgan fingerprint density at radius 1 is 0.461 bits per heavy atom. The van der Waals surface area contributed by atoms with Crippen molar-refractivity contribution in [3.05, 3.63) is 261 Å². The van der Waals surface area contributed by atoms with Gasteiger partial charge in [0, 0.05) is 44.3 Å². The number of pyridine rings is 1. The van der Waals surface area contributed by atoms with E-state index in [9.17, 15) is 0 Å². The molecule has 0 radical (unpaired) electrons. The molecule has 6 heteroatoms. The maximum Gasteiger partial charge on any atom is 0.268 e. The van der Waals surface area contributed by atoms with Gasteiger partial charge in [-0.15, -0.1) is 29.7 Å². The SMILES string of the molecule is CC(C)(C)c1ccnc(-n2c3[c-]c(Oc4[c-]c(-n5[c-][n+]6c7c(ccc(-c8ccccc8-c8ccccc8)c75)-c5ccccc5-c5ccccc5-c5cccc(-c7ccccc7)c5-6)ccc4)ccc3c3ccccc32)c1.[Pt]. The van der Waals surface area contributed by atoms with Crippen molar-refractivity contribution in [3.8, 4) is 95.5 Å². The minimum absolute atomic E-state index is 0. The molecule has 14 rings (SSSR count). The number of aromatic nitrogens is 4. The Kier molecular flexibility index (Phi) is 11.6. The Bertz CT molecular complexity index is 4370. The molecule has 0 N–H and O–H groups in total. The van der Waals surface area contributed by atoms with Crippen LogP contribution in [0.4, 0.5) is 0 Å². The molecule has 0 saturated carbocycles. The Labute approximate surface area is 456 Å². The molecule has 0 spiro atoms. The molecule has 0 amide bonds. The van der Waals surface area contributed by atoms with E-state index in [1.54, 1.807) is 0 Å². The summed E-state index contributed by atoms with van der Waals surface area (Å²) in [5, 5.41) is 2.20. The molecule has 5 nitrogen and oxygen atoms in total. The monoisotopic (exact) mass is 1160 g/mol. The summed E-state index contributed by atoms with van der Waals surface area (Å²) in [6.07, 6.45) is 5.95. The molecule has 0 aliphatic carbocycles. The summed E-state index contributed by atoms with van der Waals surface area (Å²) >= 11 is 0. The predicted molar refractivity (Wildman–Crippen MR) is 305 cm³/mol. The molecule has 0 unspecified atom stereocenters. The first kappa shape index (κ1) is 46.9. The topological polar surface area (TPSA) is 35.9 Å². The molecule has 0 bridgehead atoms. The Morgan fingerprint density at radius 3 is 1.72 bits per heavy atom. The number of fused-ring (bicyclic) bond motifs is 10. The van der Waals surface area contributed by atoms with Crippen molar-refractivity contribution < 1.29 is 30.4 Å². The van der Waals surface area contributed by atoms with Crippen LogP contribution < -0.4 is 9.30 Å². The van der Waals surface area contributed by atoms with Gasteiger partial charge in [0.1, 0.15) is 5.82 Å². The van der Waals surface area contributed by atoms with Gasteiger partial charge in [-0.1, -0.05) is 208 Å². The van der Waals surface area contributed by atoms with Crippen LogP contribution in [-0.2, 0) is 26.5 Å². The number of para-hydroxylation sites is 2. The first-order valence-corrected chi connectivity index (χ1v) is 25.5. The maximum absolute atomic E-state index is 6.88. The van der Waals surface area contributed by atoms with Gasteiger partial charge in [0.05, 0.1) is 16.7 Å². The van der Waals surface area contributed by atoms with E-state index in [2.05, 4.69) is 265 Å². The number of benzene rings is 10. The van der Waals surface area contributed by atoms with Crippen LogP contribution in [0.5, 0.6) is 11.5 Å². The van der Waals surface area contributed by atoms with Crippen molar-refractivity contribution in [2.75, 3.05) is 0 Å². The van der Waals surface area contributed by atoms with Crippen LogP contribution in [0.15, 0.2) is 237 Å². The van der Waals surface area contributed by atoms with E-state index in [0.717, 1.165) is 111 Å². The summed E-state index contributed by atoms with van der Waals surface area (Å²) < 4.78 is 13.6. The molecule has 0 saturated heterocycles. The van der Waals surface area contributed by atoms with Crippen molar-refractivity contribution in [2.24, 2.45) is 0 Å². The van der Waals surface area contributed by atoms with Crippen LogP contribution >= 0.6 is 0 Å². The Balaban J connectivity index is 0.00000553. The molecule has 76 heavy (non-hydrogen) atoms. The smallest absolute Gasteiger partial charge is 0.268 e. The molecular formula is C70H48N4OPt-2. The molecule has 0 atom stereocenters. The van der Waals surface area contributed by atoms with E-state index in [-0.39, 0.29) is 26.5 Å². The molecule has 10 aromatic carbocycles. The van der Waals surface area contributed by atoms with Crippen LogP contribution in [0.25, 0.3) is 117 Å². The second-order valence-corrected chi connectivity index (χ2v) is 20.3. The van der Waals surface area contributed by atoms with E-state index in [0.29, 0.717) is 11.5 Å². The summed E-state index contributed by atoms with van der Waals surface area (Å²) in [6.45, 7) is 6.69. The summed E-state index contributed by atoms with van der Waals surface area (Å²) in [7, 11) is 0. The second kappa shape index (κ2) is 18.8. The minimum atomic E-state index is -0.0520. The number of imidazole rings is 1. The van der Waals surface area contributed by atoms with Crippen LogP contribution in [0.1, 0.15) is 26.3 Å².